The Balaban J connectivity index is 2.02. The van der Waals surface area contributed by atoms with Crippen molar-refractivity contribution in [2.24, 2.45) is 0 Å². The van der Waals surface area contributed by atoms with Gasteiger partial charge >= 0.3 is 12.3 Å². The van der Waals surface area contributed by atoms with E-state index in [0.29, 0.717) is 5.56 Å². The van der Waals surface area contributed by atoms with Crippen molar-refractivity contribution in [3.05, 3.63) is 36.2 Å². The van der Waals surface area contributed by atoms with Gasteiger partial charge in [0, 0.05) is 18.5 Å². The van der Waals surface area contributed by atoms with Gasteiger partial charge < -0.3 is 4.74 Å². The number of hydrazine groups is 1. The summed E-state index contributed by atoms with van der Waals surface area (Å²) < 4.78 is 44.3. The van der Waals surface area contributed by atoms with Gasteiger partial charge in [-0.15, -0.1) is 0 Å². The lowest BCUT2D eigenvalue weighted by Gasteiger charge is -2.19. The summed E-state index contributed by atoms with van der Waals surface area (Å²) in [5.74, 6) is 0.375. The van der Waals surface area contributed by atoms with E-state index in [1.807, 2.05) is 0 Å². The highest BCUT2D eigenvalue weighted by Gasteiger charge is 2.30. The summed E-state index contributed by atoms with van der Waals surface area (Å²) in [7, 11) is 0. The minimum Gasteiger partial charge on any atom is -0.443 e. The van der Waals surface area contributed by atoms with E-state index in [9.17, 15) is 18.0 Å². The molecule has 0 saturated carbocycles. The third-order valence-electron chi connectivity index (χ3n) is 3.17. The van der Waals surface area contributed by atoms with Gasteiger partial charge in [-0.3, -0.25) is 5.43 Å². The molecule has 1 aromatic heterocycles. The molecule has 0 aliphatic heterocycles. The number of rotatable bonds is 6. The van der Waals surface area contributed by atoms with Gasteiger partial charge in [0.15, 0.2) is 5.82 Å². The molecule has 0 saturated heterocycles. The minimum atomic E-state index is -4.42. The molecule has 7 nitrogen and oxygen atoms in total. The fourth-order valence-electron chi connectivity index (χ4n) is 2.18. The molecule has 10 heteroatoms. The Morgan fingerprint density at radius 1 is 1.19 bits per heavy atom. The Morgan fingerprint density at radius 3 is 2.44 bits per heavy atom. The van der Waals surface area contributed by atoms with Gasteiger partial charge in [-0.2, -0.15) is 18.3 Å². The first-order valence-electron chi connectivity index (χ1n) is 8.31. The number of amides is 1. The zero-order valence-electron chi connectivity index (χ0n) is 15.3. The van der Waals surface area contributed by atoms with Crippen LogP contribution in [-0.4, -0.2) is 39.2 Å². The van der Waals surface area contributed by atoms with Crippen LogP contribution in [0.5, 0.6) is 0 Å². The first kappa shape index (κ1) is 20.7. The molecule has 0 aliphatic rings. The summed E-state index contributed by atoms with van der Waals surface area (Å²) in [6, 6.07) is 8.75. The first-order chi connectivity index (χ1) is 12.5. The standard InChI is InChI=1S/C17H22F3N5O2/c1-16(2,3)27-15(26)23-21-10-9-13-22-14(12-7-5-4-6-8-12)24-25(13)11-17(18,19)20/h4-8,21H,9-11H2,1-3H3,(H,23,26). The van der Waals surface area contributed by atoms with Gasteiger partial charge in [-0.1, -0.05) is 30.3 Å². The summed E-state index contributed by atoms with van der Waals surface area (Å²) in [4.78, 5) is 15.7. The lowest BCUT2D eigenvalue weighted by Crippen LogP contribution is -2.42. The number of nitrogens with zero attached hydrogens (tertiary/aromatic N) is 3. The van der Waals surface area contributed by atoms with Gasteiger partial charge in [-0.05, 0) is 20.8 Å². The summed E-state index contributed by atoms with van der Waals surface area (Å²) in [5.41, 5.74) is 4.91. The van der Waals surface area contributed by atoms with Gasteiger partial charge in [0.05, 0.1) is 0 Å². The van der Waals surface area contributed by atoms with Crippen LogP contribution in [0.2, 0.25) is 0 Å². The van der Waals surface area contributed by atoms with Crippen LogP contribution >= 0.6 is 0 Å². The molecular weight excluding hydrogens is 363 g/mol. The van der Waals surface area contributed by atoms with Crippen LogP contribution in [0.3, 0.4) is 0 Å². The van der Waals surface area contributed by atoms with Crippen molar-refractivity contribution in [2.75, 3.05) is 6.54 Å². The minimum absolute atomic E-state index is 0.131. The van der Waals surface area contributed by atoms with Crippen molar-refractivity contribution >= 4 is 6.09 Å². The van der Waals surface area contributed by atoms with Gasteiger partial charge in [0.25, 0.3) is 0 Å². The number of carbonyl (C=O) groups excluding carboxylic acids is 1. The molecule has 0 atom stereocenters. The molecule has 0 bridgehead atoms. The molecule has 2 aromatic rings. The third kappa shape index (κ3) is 7.26. The molecule has 1 amide bonds. The maximum atomic E-state index is 12.8. The lowest BCUT2D eigenvalue weighted by molar-refractivity contribution is -0.143. The van der Waals surface area contributed by atoms with Crippen molar-refractivity contribution < 1.29 is 22.7 Å². The average molecular weight is 385 g/mol. The monoisotopic (exact) mass is 385 g/mol. The third-order valence-corrected chi connectivity index (χ3v) is 3.17. The Hall–Kier alpha value is -2.62. The fourth-order valence-corrected chi connectivity index (χ4v) is 2.18. The van der Waals surface area contributed by atoms with E-state index in [1.54, 1.807) is 51.1 Å². The summed E-state index contributed by atoms with van der Waals surface area (Å²) in [6.45, 7) is 4.08. The summed E-state index contributed by atoms with van der Waals surface area (Å²) in [5, 5.41) is 3.97. The van der Waals surface area contributed by atoms with E-state index in [1.165, 1.54) is 0 Å². The number of benzene rings is 1. The molecule has 2 rings (SSSR count). The van der Waals surface area contributed by atoms with Crippen molar-refractivity contribution in [3.8, 4) is 11.4 Å². The SMILES string of the molecule is CC(C)(C)OC(=O)NNCCc1nc(-c2ccccc2)nn1CC(F)(F)F. The van der Waals surface area contributed by atoms with Crippen molar-refractivity contribution in [2.45, 2.75) is 45.5 Å². The number of aromatic nitrogens is 3. The highest BCUT2D eigenvalue weighted by Crippen LogP contribution is 2.21. The Bertz CT molecular complexity index is 754. The number of halogens is 3. The van der Waals surface area contributed by atoms with Crippen molar-refractivity contribution in [3.63, 3.8) is 0 Å². The molecule has 1 aromatic carbocycles. The van der Waals surface area contributed by atoms with Crippen LogP contribution < -0.4 is 10.9 Å². The second-order valence-electron chi connectivity index (χ2n) is 6.79. The lowest BCUT2D eigenvalue weighted by atomic mass is 10.2. The maximum Gasteiger partial charge on any atom is 0.422 e. The van der Waals surface area contributed by atoms with E-state index in [4.69, 9.17) is 4.74 Å². The highest BCUT2D eigenvalue weighted by atomic mass is 19.4. The largest absolute Gasteiger partial charge is 0.443 e. The Labute approximate surface area is 154 Å². The number of hydrogen-bond acceptors (Lipinski definition) is 5. The van der Waals surface area contributed by atoms with Crippen LogP contribution in [0, 0.1) is 0 Å². The molecular formula is C17H22F3N5O2. The quantitative estimate of drug-likeness (QED) is 0.590. The number of hydrogen-bond donors (Lipinski definition) is 2. The van der Waals surface area contributed by atoms with E-state index >= 15 is 0 Å². The molecule has 0 fully saturated rings. The van der Waals surface area contributed by atoms with E-state index in [-0.39, 0.29) is 24.6 Å². The van der Waals surface area contributed by atoms with Crippen molar-refractivity contribution in [1.82, 2.24) is 25.6 Å². The molecule has 1 heterocycles. The average Bonchev–Trinajstić information content (AvgIpc) is 2.92. The molecule has 0 aliphatic carbocycles. The number of alkyl halides is 3. The van der Waals surface area contributed by atoms with E-state index in [2.05, 4.69) is 20.9 Å². The Morgan fingerprint density at radius 2 is 1.85 bits per heavy atom. The van der Waals surface area contributed by atoms with Gasteiger partial charge in [0.1, 0.15) is 18.0 Å². The van der Waals surface area contributed by atoms with Crippen LogP contribution in [0.4, 0.5) is 18.0 Å². The predicted octanol–water partition coefficient (Wildman–Crippen LogP) is 3.08. The normalized spacial score (nSPS) is 12.1. The molecule has 148 valence electrons. The highest BCUT2D eigenvalue weighted by molar-refractivity contribution is 5.66. The Kier molecular flexibility index (Phi) is 6.42. The van der Waals surface area contributed by atoms with E-state index in [0.717, 1.165) is 4.68 Å². The van der Waals surface area contributed by atoms with Crippen LogP contribution in [0.1, 0.15) is 26.6 Å². The molecule has 27 heavy (non-hydrogen) atoms. The zero-order chi connectivity index (χ0) is 20.1. The molecule has 2 N–H and O–H groups in total. The summed E-state index contributed by atoms with van der Waals surface area (Å²) >= 11 is 0. The van der Waals surface area contributed by atoms with E-state index < -0.39 is 24.4 Å². The van der Waals surface area contributed by atoms with Crippen LogP contribution in [-0.2, 0) is 17.7 Å². The maximum absolute atomic E-state index is 12.8. The van der Waals surface area contributed by atoms with Crippen molar-refractivity contribution in [1.29, 1.82) is 0 Å². The first-order valence-corrected chi connectivity index (χ1v) is 8.31. The molecule has 0 radical (unpaired) electrons. The second kappa shape index (κ2) is 8.38. The number of ether oxygens (including phenoxy) is 1. The van der Waals surface area contributed by atoms with Gasteiger partial charge in [-0.25, -0.2) is 19.9 Å². The van der Waals surface area contributed by atoms with Crippen LogP contribution in [0.15, 0.2) is 30.3 Å². The van der Waals surface area contributed by atoms with Gasteiger partial charge in [0.2, 0.25) is 0 Å². The topological polar surface area (TPSA) is 81.1 Å². The molecule has 0 spiro atoms. The molecule has 0 unspecified atom stereocenters. The smallest absolute Gasteiger partial charge is 0.422 e. The second-order valence-corrected chi connectivity index (χ2v) is 6.79. The zero-order valence-corrected chi connectivity index (χ0v) is 15.3. The fraction of sp³-hybridized carbons (Fsp3) is 0.471. The number of nitrogens with one attached hydrogen (secondary N) is 2. The summed E-state index contributed by atoms with van der Waals surface area (Å²) in [6.07, 6.45) is -4.96. The predicted molar refractivity (Wildman–Crippen MR) is 92.6 cm³/mol. The number of carbonyl (C=O) groups is 1. The van der Waals surface area contributed by atoms with Crippen LogP contribution in [0.25, 0.3) is 11.4 Å².